The SMILES string of the molecule is Cc1csc(NC(=O)CCS(=O)(=O)c2cccc3nsnc23)n1. The molecule has 0 aliphatic heterocycles. The summed E-state index contributed by atoms with van der Waals surface area (Å²) in [6.45, 7) is 1.82. The molecule has 1 amide bonds. The summed E-state index contributed by atoms with van der Waals surface area (Å²) in [7, 11) is -3.61. The summed E-state index contributed by atoms with van der Waals surface area (Å²) in [5.41, 5.74) is 1.70. The highest BCUT2D eigenvalue weighted by atomic mass is 32.2. The van der Waals surface area contributed by atoms with Crippen molar-refractivity contribution in [3.8, 4) is 0 Å². The monoisotopic (exact) mass is 368 g/mol. The number of fused-ring (bicyclic) bond motifs is 1. The highest BCUT2D eigenvalue weighted by Crippen LogP contribution is 2.23. The predicted octanol–water partition coefficient (Wildman–Crippen LogP) is 2.26. The molecule has 0 radical (unpaired) electrons. The van der Waals surface area contributed by atoms with Crippen molar-refractivity contribution in [2.24, 2.45) is 0 Å². The van der Waals surface area contributed by atoms with E-state index >= 15 is 0 Å². The number of sulfone groups is 1. The minimum absolute atomic E-state index is 0.113. The second-order valence-corrected chi connectivity index (χ2v) is 8.26. The van der Waals surface area contributed by atoms with Crippen LogP contribution in [-0.4, -0.2) is 33.8 Å². The molecule has 10 heteroatoms. The number of nitrogens with zero attached hydrogens (tertiary/aromatic N) is 3. The van der Waals surface area contributed by atoms with Crippen LogP contribution >= 0.6 is 23.1 Å². The lowest BCUT2D eigenvalue weighted by Crippen LogP contribution is -2.17. The summed E-state index contributed by atoms with van der Waals surface area (Å²) in [5, 5.41) is 4.87. The lowest BCUT2D eigenvalue weighted by atomic mass is 10.3. The Morgan fingerprint density at radius 1 is 1.30 bits per heavy atom. The zero-order valence-electron chi connectivity index (χ0n) is 12.0. The Hall–Kier alpha value is -1.91. The molecule has 2 aromatic heterocycles. The van der Waals surface area contributed by atoms with Crippen LogP contribution in [0.2, 0.25) is 0 Å². The van der Waals surface area contributed by atoms with Crippen LogP contribution in [0.4, 0.5) is 5.13 Å². The molecule has 0 bridgehead atoms. The van der Waals surface area contributed by atoms with Gasteiger partial charge in [0.15, 0.2) is 15.0 Å². The fourth-order valence-electron chi connectivity index (χ4n) is 1.96. The van der Waals surface area contributed by atoms with Gasteiger partial charge in [-0.2, -0.15) is 8.75 Å². The van der Waals surface area contributed by atoms with Crippen molar-refractivity contribution in [3.63, 3.8) is 0 Å². The van der Waals surface area contributed by atoms with Crippen LogP contribution in [0, 0.1) is 6.92 Å². The van der Waals surface area contributed by atoms with Gasteiger partial charge < -0.3 is 5.32 Å². The van der Waals surface area contributed by atoms with Gasteiger partial charge in [0.25, 0.3) is 0 Å². The molecule has 0 saturated heterocycles. The first kappa shape index (κ1) is 16.0. The van der Waals surface area contributed by atoms with Gasteiger partial charge in [0, 0.05) is 11.8 Å². The van der Waals surface area contributed by atoms with Crippen molar-refractivity contribution in [2.75, 3.05) is 11.1 Å². The number of thiazole rings is 1. The van der Waals surface area contributed by atoms with Gasteiger partial charge in [0.2, 0.25) is 5.91 Å². The average Bonchev–Trinajstić information content (AvgIpc) is 3.13. The molecule has 3 rings (SSSR count). The summed E-state index contributed by atoms with van der Waals surface area (Å²) in [6.07, 6.45) is -0.144. The summed E-state index contributed by atoms with van der Waals surface area (Å²) >= 11 is 2.26. The van der Waals surface area contributed by atoms with Gasteiger partial charge in [-0.15, -0.1) is 11.3 Å². The van der Waals surface area contributed by atoms with Gasteiger partial charge in [-0.05, 0) is 19.1 Å². The summed E-state index contributed by atoms with van der Waals surface area (Å²) < 4.78 is 32.9. The minimum Gasteiger partial charge on any atom is -0.302 e. The first-order valence-corrected chi connectivity index (χ1v) is 9.88. The fraction of sp³-hybridized carbons (Fsp3) is 0.231. The van der Waals surface area contributed by atoms with Gasteiger partial charge in [0.1, 0.15) is 11.0 Å². The maximum absolute atomic E-state index is 12.4. The van der Waals surface area contributed by atoms with E-state index in [0.717, 1.165) is 17.4 Å². The predicted molar refractivity (Wildman–Crippen MR) is 89.6 cm³/mol. The van der Waals surface area contributed by atoms with Gasteiger partial charge in [-0.1, -0.05) is 6.07 Å². The van der Waals surface area contributed by atoms with Crippen molar-refractivity contribution >= 4 is 55.0 Å². The maximum Gasteiger partial charge on any atom is 0.227 e. The number of nitrogens with one attached hydrogen (secondary N) is 1. The zero-order chi connectivity index (χ0) is 16.4. The number of hydrogen-bond donors (Lipinski definition) is 1. The van der Waals surface area contributed by atoms with E-state index in [1.807, 2.05) is 12.3 Å². The molecule has 0 spiro atoms. The molecule has 0 atom stereocenters. The third kappa shape index (κ3) is 3.54. The van der Waals surface area contributed by atoms with Crippen molar-refractivity contribution in [1.29, 1.82) is 0 Å². The van der Waals surface area contributed by atoms with E-state index in [1.54, 1.807) is 12.1 Å². The number of anilines is 1. The number of hydrogen-bond acceptors (Lipinski definition) is 8. The standard InChI is InChI=1S/C13H12N4O3S3/c1-8-7-21-13(14-8)15-11(18)5-6-23(19,20)10-4-2-3-9-12(10)17-22-16-9/h2-4,7H,5-6H2,1H3,(H,14,15,18). The van der Waals surface area contributed by atoms with Crippen LogP contribution in [0.5, 0.6) is 0 Å². The third-order valence-corrected chi connectivity index (χ3v) is 6.21. The fourth-order valence-corrected chi connectivity index (χ4v) is 4.68. The van der Waals surface area contributed by atoms with Crippen LogP contribution in [-0.2, 0) is 14.6 Å². The van der Waals surface area contributed by atoms with E-state index in [4.69, 9.17) is 0 Å². The van der Waals surface area contributed by atoms with E-state index in [0.29, 0.717) is 16.2 Å². The van der Waals surface area contributed by atoms with Crippen LogP contribution in [0.1, 0.15) is 12.1 Å². The third-order valence-electron chi connectivity index (χ3n) is 3.05. The Bertz CT molecular complexity index is 962. The average molecular weight is 368 g/mol. The van der Waals surface area contributed by atoms with E-state index in [9.17, 15) is 13.2 Å². The Labute approximate surface area is 140 Å². The van der Waals surface area contributed by atoms with Crippen molar-refractivity contribution in [2.45, 2.75) is 18.2 Å². The van der Waals surface area contributed by atoms with Crippen LogP contribution in [0.15, 0.2) is 28.5 Å². The quantitative estimate of drug-likeness (QED) is 0.741. The van der Waals surface area contributed by atoms with Crippen LogP contribution < -0.4 is 5.32 Å². The molecule has 1 aromatic carbocycles. The van der Waals surface area contributed by atoms with Gasteiger partial charge >= 0.3 is 0 Å². The summed E-state index contributed by atoms with van der Waals surface area (Å²) in [4.78, 5) is 16.1. The molecule has 3 aromatic rings. The van der Waals surface area contributed by atoms with E-state index < -0.39 is 9.84 Å². The molecule has 2 heterocycles. The van der Waals surface area contributed by atoms with Gasteiger partial charge in [0.05, 0.1) is 28.1 Å². The van der Waals surface area contributed by atoms with Gasteiger partial charge in [-0.3, -0.25) is 4.79 Å². The lowest BCUT2D eigenvalue weighted by Gasteiger charge is -2.05. The number of aryl methyl sites for hydroxylation is 1. The molecule has 7 nitrogen and oxygen atoms in total. The van der Waals surface area contributed by atoms with Crippen molar-refractivity contribution < 1.29 is 13.2 Å². The number of benzene rings is 1. The molecule has 1 N–H and O–H groups in total. The molecule has 0 aliphatic carbocycles. The first-order chi connectivity index (χ1) is 11.0. The Kier molecular flexibility index (Phi) is 4.37. The van der Waals surface area contributed by atoms with Crippen LogP contribution in [0.25, 0.3) is 11.0 Å². The second kappa shape index (κ2) is 6.30. The summed E-state index contributed by atoms with van der Waals surface area (Å²) in [5.74, 6) is -0.675. The number of rotatable bonds is 5. The normalized spacial score (nSPS) is 11.7. The highest BCUT2D eigenvalue weighted by molar-refractivity contribution is 7.91. The molecule has 0 aliphatic rings. The molecule has 0 fully saturated rings. The molecule has 0 unspecified atom stereocenters. The number of carbonyl (C=O) groups excluding carboxylic acids is 1. The smallest absolute Gasteiger partial charge is 0.227 e. The topological polar surface area (TPSA) is 102 Å². The number of amides is 1. The molecule has 0 saturated carbocycles. The summed E-state index contributed by atoms with van der Waals surface area (Å²) in [6, 6.07) is 4.81. The molecule has 120 valence electrons. The zero-order valence-corrected chi connectivity index (χ0v) is 14.5. The van der Waals surface area contributed by atoms with E-state index in [2.05, 4.69) is 19.0 Å². The number of carbonyl (C=O) groups is 1. The Balaban J connectivity index is 1.71. The Morgan fingerprint density at radius 3 is 2.87 bits per heavy atom. The second-order valence-electron chi connectivity index (χ2n) is 4.80. The van der Waals surface area contributed by atoms with E-state index in [1.165, 1.54) is 17.4 Å². The highest BCUT2D eigenvalue weighted by Gasteiger charge is 2.21. The molecular weight excluding hydrogens is 356 g/mol. The lowest BCUT2D eigenvalue weighted by molar-refractivity contribution is -0.115. The van der Waals surface area contributed by atoms with Crippen molar-refractivity contribution in [1.82, 2.24) is 13.7 Å². The van der Waals surface area contributed by atoms with Crippen LogP contribution in [0.3, 0.4) is 0 Å². The van der Waals surface area contributed by atoms with Crippen molar-refractivity contribution in [3.05, 3.63) is 29.3 Å². The Morgan fingerprint density at radius 2 is 2.13 bits per heavy atom. The van der Waals surface area contributed by atoms with E-state index in [-0.39, 0.29) is 23.0 Å². The molecular formula is C13H12N4O3S3. The largest absolute Gasteiger partial charge is 0.302 e. The number of aromatic nitrogens is 3. The minimum atomic E-state index is -3.61. The maximum atomic E-state index is 12.4. The first-order valence-electron chi connectivity index (χ1n) is 6.62. The molecule has 23 heavy (non-hydrogen) atoms. The van der Waals surface area contributed by atoms with Gasteiger partial charge in [-0.25, -0.2) is 13.4 Å².